The lowest BCUT2D eigenvalue weighted by molar-refractivity contribution is -0.00461. The van der Waals surface area contributed by atoms with Crippen LogP contribution in [0.1, 0.15) is 0 Å². The van der Waals surface area contributed by atoms with Crippen molar-refractivity contribution in [2.24, 2.45) is 5.73 Å². The van der Waals surface area contributed by atoms with E-state index < -0.39 is 0 Å². The zero-order chi connectivity index (χ0) is 10.4. The van der Waals surface area contributed by atoms with Crippen LogP contribution in [0.3, 0.4) is 0 Å². The summed E-state index contributed by atoms with van der Waals surface area (Å²) in [6, 6.07) is 0. The quantitative estimate of drug-likeness (QED) is 0.627. The van der Waals surface area contributed by atoms with Gasteiger partial charge in [0.05, 0.1) is 12.2 Å². The molecule has 2 unspecified atom stereocenters. The minimum atomic E-state index is 0.200. The van der Waals surface area contributed by atoms with Gasteiger partial charge >= 0.3 is 0 Å². The Hall–Kier alpha value is -0.420. The lowest BCUT2D eigenvalue weighted by Crippen LogP contribution is -2.27. The number of hydrogen-bond acceptors (Lipinski definition) is 4. The van der Waals surface area contributed by atoms with Crippen molar-refractivity contribution >= 4 is 0 Å². The van der Waals surface area contributed by atoms with Gasteiger partial charge < -0.3 is 15.2 Å². The number of hydrogen-bond donors (Lipinski definition) is 1. The van der Waals surface area contributed by atoms with Gasteiger partial charge in [-0.1, -0.05) is 12.2 Å². The fourth-order valence-corrected chi connectivity index (χ4v) is 1.74. The van der Waals surface area contributed by atoms with Gasteiger partial charge in [-0.3, -0.25) is 4.90 Å². The molecule has 82 valence electrons. The van der Waals surface area contributed by atoms with Crippen LogP contribution < -0.4 is 5.73 Å². The summed E-state index contributed by atoms with van der Waals surface area (Å²) in [5, 5.41) is 0. The van der Waals surface area contributed by atoms with Crippen molar-refractivity contribution in [3.63, 3.8) is 0 Å². The van der Waals surface area contributed by atoms with E-state index in [1.54, 1.807) is 14.2 Å². The summed E-state index contributed by atoms with van der Waals surface area (Å²) in [6.07, 6.45) is 4.46. The van der Waals surface area contributed by atoms with Crippen molar-refractivity contribution < 1.29 is 9.47 Å². The number of rotatable bonds is 5. The second-order valence-corrected chi connectivity index (χ2v) is 3.47. The van der Waals surface area contributed by atoms with E-state index in [0.29, 0.717) is 6.54 Å². The van der Waals surface area contributed by atoms with Crippen LogP contribution in [-0.2, 0) is 9.47 Å². The number of ether oxygens (including phenoxy) is 2. The molecule has 1 heterocycles. The molecular weight excluding hydrogens is 180 g/mol. The van der Waals surface area contributed by atoms with Crippen LogP contribution in [0.25, 0.3) is 0 Å². The highest BCUT2D eigenvalue weighted by molar-refractivity contribution is 4.92. The minimum absolute atomic E-state index is 0.200. The van der Waals surface area contributed by atoms with Gasteiger partial charge in [-0.25, -0.2) is 0 Å². The van der Waals surface area contributed by atoms with Gasteiger partial charge in [-0.2, -0.15) is 0 Å². The van der Waals surface area contributed by atoms with Crippen LogP contribution in [0.5, 0.6) is 0 Å². The topological polar surface area (TPSA) is 47.7 Å². The molecule has 4 heteroatoms. The third kappa shape index (κ3) is 3.06. The molecule has 2 N–H and O–H groups in total. The molecule has 0 amide bonds. The van der Waals surface area contributed by atoms with Gasteiger partial charge in [-0.15, -0.1) is 0 Å². The lowest BCUT2D eigenvalue weighted by Gasteiger charge is -2.13. The average molecular weight is 200 g/mol. The molecule has 1 aliphatic heterocycles. The molecule has 0 spiro atoms. The molecular formula is C10H20N2O2. The predicted octanol–water partition coefficient (Wildman–Crippen LogP) is -0.153. The Morgan fingerprint density at radius 1 is 1.21 bits per heavy atom. The third-order valence-electron chi connectivity index (χ3n) is 2.56. The second-order valence-electron chi connectivity index (χ2n) is 3.47. The molecule has 0 aromatic rings. The molecule has 0 aromatic heterocycles. The molecule has 0 bridgehead atoms. The van der Waals surface area contributed by atoms with E-state index in [2.05, 4.69) is 11.0 Å². The highest BCUT2D eigenvalue weighted by Gasteiger charge is 2.31. The van der Waals surface area contributed by atoms with E-state index in [9.17, 15) is 0 Å². The first kappa shape index (κ1) is 11.7. The van der Waals surface area contributed by atoms with Crippen molar-refractivity contribution in [2.75, 3.05) is 40.4 Å². The monoisotopic (exact) mass is 200 g/mol. The molecule has 1 fully saturated rings. The van der Waals surface area contributed by atoms with E-state index in [1.165, 1.54) is 0 Å². The van der Waals surface area contributed by atoms with Crippen molar-refractivity contribution in [1.29, 1.82) is 0 Å². The standard InChI is InChI=1S/C10H20N2O2/c1-13-9-7-12(6-4-3-5-11)8-10(9)14-2/h3-4,9-10H,5-8,11H2,1-2H3/b4-3+. The average Bonchev–Trinajstić information content (AvgIpc) is 2.61. The van der Waals surface area contributed by atoms with Gasteiger partial charge in [0.2, 0.25) is 0 Å². The Morgan fingerprint density at radius 2 is 1.79 bits per heavy atom. The number of likely N-dealkylation sites (tertiary alicyclic amines) is 1. The molecule has 0 aliphatic carbocycles. The molecule has 4 nitrogen and oxygen atoms in total. The lowest BCUT2D eigenvalue weighted by atomic mass is 10.3. The first-order valence-electron chi connectivity index (χ1n) is 4.94. The number of nitrogens with zero attached hydrogens (tertiary/aromatic N) is 1. The Morgan fingerprint density at radius 3 is 2.21 bits per heavy atom. The van der Waals surface area contributed by atoms with Gasteiger partial charge in [-0.05, 0) is 0 Å². The van der Waals surface area contributed by atoms with Gasteiger partial charge in [0, 0.05) is 40.4 Å². The van der Waals surface area contributed by atoms with Crippen molar-refractivity contribution in [3.05, 3.63) is 12.2 Å². The highest BCUT2D eigenvalue weighted by Crippen LogP contribution is 2.15. The summed E-state index contributed by atoms with van der Waals surface area (Å²) in [6.45, 7) is 3.40. The van der Waals surface area contributed by atoms with E-state index in [-0.39, 0.29) is 12.2 Å². The molecule has 1 aliphatic rings. The van der Waals surface area contributed by atoms with Gasteiger partial charge in [0.25, 0.3) is 0 Å². The fraction of sp³-hybridized carbons (Fsp3) is 0.800. The summed E-state index contributed by atoms with van der Waals surface area (Å²) < 4.78 is 10.7. The number of nitrogens with two attached hydrogens (primary N) is 1. The van der Waals surface area contributed by atoms with E-state index >= 15 is 0 Å². The van der Waals surface area contributed by atoms with Gasteiger partial charge in [0.1, 0.15) is 0 Å². The van der Waals surface area contributed by atoms with Crippen molar-refractivity contribution in [3.8, 4) is 0 Å². The first-order chi connectivity index (χ1) is 6.81. The third-order valence-corrected chi connectivity index (χ3v) is 2.56. The van der Waals surface area contributed by atoms with Crippen molar-refractivity contribution in [1.82, 2.24) is 4.90 Å². The summed E-state index contributed by atoms with van der Waals surface area (Å²) in [4.78, 5) is 2.30. The molecule has 1 rings (SSSR count). The summed E-state index contributed by atoms with van der Waals surface area (Å²) >= 11 is 0. The van der Waals surface area contributed by atoms with Gasteiger partial charge in [0.15, 0.2) is 0 Å². The largest absolute Gasteiger partial charge is 0.377 e. The molecule has 14 heavy (non-hydrogen) atoms. The van der Waals surface area contributed by atoms with Crippen LogP contribution in [0, 0.1) is 0 Å². The molecule has 0 saturated carbocycles. The second kappa shape index (κ2) is 6.14. The summed E-state index contributed by atoms with van der Waals surface area (Å²) in [5.74, 6) is 0. The number of methoxy groups -OCH3 is 2. The predicted molar refractivity (Wildman–Crippen MR) is 56.2 cm³/mol. The van der Waals surface area contributed by atoms with Crippen LogP contribution >= 0.6 is 0 Å². The van der Waals surface area contributed by atoms with E-state index in [4.69, 9.17) is 15.2 Å². The molecule has 0 aromatic carbocycles. The van der Waals surface area contributed by atoms with E-state index in [0.717, 1.165) is 19.6 Å². The smallest absolute Gasteiger partial charge is 0.0971 e. The maximum Gasteiger partial charge on any atom is 0.0971 e. The maximum absolute atomic E-state index is 5.37. The zero-order valence-electron chi connectivity index (χ0n) is 8.98. The van der Waals surface area contributed by atoms with Crippen LogP contribution in [0.2, 0.25) is 0 Å². The Kier molecular flexibility index (Phi) is 5.11. The van der Waals surface area contributed by atoms with Crippen LogP contribution in [0.4, 0.5) is 0 Å². The summed E-state index contributed by atoms with van der Waals surface area (Å²) in [7, 11) is 3.46. The normalized spacial score (nSPS) is 29.1. The minimum Gasteiger partial charge on any atom is -0.377 e. The summed E-state index contributed by atoms with van der Waals surface area (Å²) in [5.41, 5.74) is 5.37. The zero-order valence-corrected chi connectivity index (χ0v) is 8.98. The molecule has 2 atom stereocenters. The van der Waals surface area contributed by atoms with Crippen LogP contribution in [-0.4, -0.2) is 57.5 Å². The van der Waals surface area contributed by atoms with E-state index in [1.807, 2.05) is 6.08 Å². The Balaban J connectivity index is 2.33. The Bertz CT molecular complexity index is 173. The van der Waals surface area contributed by atoms with Crippen molar-refractivity contribution in [2.45, 2.75) is 12.2 Å². The molecule has 1 saturated heterocycles. The molecule has 0 radical (unpaired) electrons. The highest BCUT2D eigenvalue weighted by atomic mass is 16.5. The SMILES string of the molecule is COC1CN(C/C=C/CN)CC1OC. The van der Waals surface area contributed by atoms with Crippen LogP contribution in [0.15, 0.2) is 12.2 Å². The first-order valence-corrected chi connectivity index (χ1v) is 4.94. The Labute approximate surface area is 85.7 Å². The fourth-order valence-electron chi connectivity index (χ4n) is 1.74. The maximum atomic E-state index is 5.37.